The molecule has 0 aliphatic carbocycles. The number of allylic oxidation sites excluding steroid dienone is 1. The molecular formula is C23H26F2N4O3. The summed E-state index contributed by atoms with van der Waals surface area (Å²) in [7, 11) is 1.59. The first kappa shape index (κ1) is 23.1. The molecule has 0 aromatic heterocycles. The predicted molar refractivity (Wildman–Crippen MR) is 117 cm³/mol. The Morgan fingerprint density at radius 1 is 1.16 bits per heavy atom. The van der Waals surface area contributed by atoms with Gasteiger partial charge in [0, 0.05) is 30.8 Å². The van der Waals surface area contributed by atoms with Gasteiger partial charge in [0.25, 0.3) is 5.92 Å². The van der Waals surface area contributed by atoms with Gasteiger partial charge in [-0.1, -0.05) is 30.8 Å². The van der Waals surface area contributed by atoms with E-state index in [0.29, 0.717) is 17.9 Å². The van der Waals surface area contributed by atoms with Crippen molar-refractivity contribution in [3.63, 3.8) is 0 Å². The second kappa shape index (κ2) is 9.67. The Bertz CT molecular complexity index is 978. The molecule has 170 valence electrons. The molecule has 2 aromatic rings. The van der Waals surface area contributed by atoms with E-state index in [2.05, 4.69) is 17.2 Å². The van der Waals surface area contributed by atoms with Crippen molar-refractivity contribution in [3.05, 3.63) is 71.9 Å². The van der Waals surface area contributed by atoms with E-state index < -0.39 is 30.8 Å². The van der Waals surface area contributed by atoms with Crippen LogP contribution >= 0.6 is 0 Å². The third-order valence-corrected chi connectivity index (χ3v) is 5.24. The first-order chi connectivity index (χ1) is 15.2. The lowest BCUT2D eigenvalue weighted by molar-refractivity contribution is -0.122. The summed E-state index contributed by atoms with van der Waals surface area (Å²) >= 11 is 0. The number of benzene rings is 2. The van der Waals surface area contributed by atoms with E-state index in [1.807, 2.05) is 24.3 Å². The van der Waals surface area contributed by atoms with Crippen molar-refractivity contribution >= 4 is 17.6 Å². The maximum Gasteiger partial charge on any atom is 0.319 e. The van der Waals surface area contributed by atoms with Crippen LogP contribution in [0.2, 0.25) is 0 Å². The number of methoxy groups -OCH3 is 1. The molecule has 0 saturated carbocycles. The highest BCUT2D eigenvalue weighted by Crippen LogP contribution is 2.34. The molecule has 7 nitrogen and oxygen atoms in total. The number of primary amides is 1. The maximum atomic E-state index is 13.7. The predicted octanol–water partition coefficient (Wildman–Crippen LogP) is 3.27. The number of carbonyl (C=O) groups is 2. The molecule has 1 atom stereocenters. The number of amides is 3. The van der Waals surface area contributed by atoms with Crippen LogP contribution in [0, 0.1) is 0 Å². The fourth-order valence-corrected chi connectivity index (χ4v) is 3.55. The van der Waals surface area contributed by atoms with E-state index in [0.717, 1.165) is 16.9 Å². The molecule has 3 rings (SSSR count). The zero-order valence-corrected chi connectivity index (χ0v) is 17.7. The van der Waals surface area contributed by atoms with Crippen LogP contribution in [0.15, 0.2) is 60.8 Å². The Balaban J connectivity index is 1.51. The fraction of sp³-hybridized carbons (Fsp3) is 0.304. The molecule has 1 aliphatic rings. The Hall–Kier alpha value is -3.62. The lowest BCUT2D eigenvalue weighted by Gasteiger charge is -2.26. The smallest absolute Gasteiger partial charge is 0.319 e. The average Bonchev–Trinajstić information content (AvgIpc) is 3.10. The summed E-state index contributed by atoms with van der Waals surface area (Å²) in [5.74, 6) is -3.02. The van der Waals surface area contributed by atoms with Gasteiger partial charge in [0.2, 0.25) is 5.91 Å². The van der Waals surface area contributed by atoms with Crippen LogP contribution in [0.5, 0.6) is 5.75 Å². The quantitative estimate of drug-likeness (QED) is 0.582. The van der Waals surface area contributed by atoms with E-state index >= 15 is 0 Å². The van der Waals surface area contributed by atoms with Crippen molar-refractivity contribution in [1.82, 2.24) is 10.2 Å². The minimum absolute atomic E-state index is 0.282. The van der Waals surface area contributed by atoms with Gasteiger partial charge in [0.1, 0.15) is 11.8 Å². The lowest BCUT2D eigenvalue weighted by atomic mass is 10.1. The number of nitrogens with one attached hydrogen (secondary N) is 2. The summed E-state index contributed by atoms with van der Waals surface area (Å²) in [5.41, 5.74) is 7.98. The number of hydrogen-bond donors (Lipinski definition) is 3. The van der Waals surface area contributed by atoms with Crippen LogP contribution < -0.4 is 21.1 Å². The SMILES string of the molecule is C=C(Cc1ccc(NC(=O)NCc2ccc(OC)cc2)cc1)N1CC(F)(F)CC1C(N)=O. The standard InChI is InChI=1S/C23H26F2N4O3/c1-15(29-14-23(24,25)12-20(29)21(26)30)11-16-3-7-18(8-4-16)28-22(31)27-13-17-5-9-19(32-2)10-6-17/h3-10,20H,1,11-14H2,2H3,(H2,26,30)(H2,27,28,31). The summed E-state index contributed by atoms with van der Waals surface area (Å²) in [6, 6.07) is 12.9. The highest BCUT2D eigenvalue weighted by Gasteiger charge is 2.47. The number of carbonyl (C=O) groups excluding carboxylic acids is 2. The first-order valence-corrected chi connectivity index (χ1v) is 10.0. The number of halogens is 2. The maximum absolute atomic E-state index is 13.7. The number of likely N-dealkylation sites (tertiary alicyclic amines) is 1. The molecule has 1 aliphatic heterocycles. The molecule has 1 fully saturated rings. The molecule has 9 heteroatoms. The van der Waals surface area contributed by atoms with Crippen LogP contribution in [-0.2, 0) is 17.8 Å². The number of nitrogens with two attached hydrogens (primary N) is 1. The lowest BCUT2D eigenvalue weighted by Crippen LogP contribution is -2.39. The van der Waals surface area contributed by atoms with Crippen molar-refractivity contribution in [2.45, 2.75) is 31.4 Å². The van der Waals surface area contributed by atoms with Gasteiger partial charge in [0.05, 0.1) is 13.7 Å². The number of hydrogen-bond acceptors (Lipinski definition) is 4. The summed E-state index contributed by atoms with van der Waals surface area (Å²) in [5, 5.41) is 5.50. The first-order valence-electron chi connectivity index (χ1n) is 10.0. The van der Waals surface area contributed by atoms with Gasteiger partial charge in [-0.25, -0.2) is 13.6 Å². The summed E-state index contributed by atoms with van der Waals surface area (Å²) < 4.78 is 32.6. The zero-order valence-electron chi connectivity index (χ0n) is 17.7. The third-order valence-electron chi connectivity index (χ3n) is 5.24. The number of nitrogens with zero attached hydrogens (tertiary/aromatic N) is 1. The van der Waals surface area contributed by atoms with Gasteiger partial charge < -0.3 is 26.0 Å². The van der Waals surface area contributed by atoms with Gasteiger partial charge >= 0.3 is 6.03 Å². The second-order valence-electron chi connectivity index (χ2n) is 7.70. The Kier molecular flexibility index (Phi) is 6.97. The van der Waals surface area contributed by atoms with E-state index in [4.69, 9.17) is 10.5 Å². The molecule has 32 heavy (non-hydrogen) atoms. The Morgan fingerprint density at radius 3 is 2.38 bits per heavy atom. The molecule has 4 N–H and O–H groups in total. The molecular weight excluding hydrogens is 418 g/mol. The minimum Gasteiger partial charge on any atom is -0.497 e. The van der Waals surface area contributed by atoms with E-state index in [-0.39, 0.29) is 12.5 Å². The van der Waals surface area contributed by atoms with Gasteiger partial charge in [-0.3, -0.25) is 4.79 Å². The molecule has 0 spiro atoms. The molecule has 1 saturated heterocycles. The Morgan fingerprint density at radius 2 is 1.78 bits per heavy atom. The monoisotopic (exact) mass is 444 g/mol. The van der Waals surface area contributed by atoms with E-state index in [1.165, 1.54) is 4.90 Å². The van der Waals surface area contributed by atoms with Gasteiger partial charge in [0.15, 0.2) is 0 Å². The zero-order chi connectivity index (χ0) is 23.3. The normalized spacial score (nSPS) is 17.0. The van der Waals surface area contributed by atoms with Gasteiger partial charge in [-0.2, -0.15) is 0 Å². The Labute approximate surface area is 185 Å². The fourth-order valence-electron chi connectivity index (χ4n) is 3.55. The molecule has 0 radical (unpaired) electrons. The van der Waals surface area contributed by atoms with E-state index in [1.54, 1.807) is 31.4 Å². The number of alkyl halides is 2. The largest absolute Gasteiger partial charge is 0.497 e. The molecule has 3 amide bonds. The van der Waals surface area contributed by atoms with Crippen molar-refractivity contribution in [3.8, 4) is 5.75 Å². The topological polar surface area (TPSA) is 96.7 Å². The van der Waals surface area contributed by atoms with Crippen LogP contribution in [0.4, 0.5) is 19.3 Å². The number of ether oxygens (including phenoxy) is 1. The highest BCUT2D eigenvalue weighted by atomic mass is 19.3. The van der Waals surface area contributed by atoms with Crippen molar-refractivity contribution in [2.24, 2.45) is 5.73 Å². The third kappa shape index (κ3) is 5.96. The summed E-state index contributed by atoms with van der Waals surface area (Å²) in [4.78, 5) is 24.9. The van der Waals surface area contributed by atoms with Crippen molar-refractivity contribution in [1.29, 1.82) is 0 Å². The summed E-state index contributed by atoms with van der Waals surface area (Å²) in [6.45, 7) is 3.64. The molecule has 1 unspecified atom stereocenters. The van der Waals surface area contributed by atoms with E-state index in [9.17, 15) is 18.4 Å². The second-order valence-corrected chi connectivity index (χ2v) is 7.70. The number of rotatable bonds is 8. The highest BCUT2D eigenvalue weighted by molar-refractivity contribution is 5.89. The van der Waals surface area contributed by atoms with Crippen LogP contribution in [-0.4, -0.2) is 42.5 Å². The molecule has 1 heterocycles. The van der Waals surface area contributed by atoms with Gasteiger partial charge in [-0.05, 0) is 35.4 Å². The van der Waals surface area contributed by atoms with Gasteiger partial charge in [-0.15, -0.1) is 0 Å². The molecule has 2 aromatic carbocycles. The van der Waals surface area contributed by atoms with Crippen molar-refractivity contribution < 1.29 is 23.1 Å². The van der Waals surface area contributed by atoms with Crippen LogP contribution in [0.3, 0.4) is 0 Å². The number of urea groups is 1. The van der Waals surface area contributed by atoms with Crippen molar-refractivity contribution in [2.75, 3.05) is 19.0 Å². The molecule has 0 bridgehead atoms. The summed E-state index contributed by atoms with van der Waals surface area (Å²) in [6.07, 6.45) is -0.320. The average molecular weight is 444 g/mol. The number of anilines is 1. The van der Waals surface area contributed by atoms with Crippen LogP contribution in [0.1, 0.15) is 17.5 Å². The van der Waals surface area contributed by atoms with Crippen LogP contribution in [0.25, 0.3) is 0 Å². The minimum atomic E-state index is -2.98.